The molecule has 0 N–H and O–H groups in total. The van der Waals surface area contributed by atoms with Crippen LogP contribution < -0.4 is 4.74 Å². The first kappa shape index (κ1) is 16.1. The maximum atomic E-state index is 12.3. The van der Waals surface area contributed by atoms with Crippen LogP contribution in [0.15, 0.2) is 30.6 Å². The minimum absolute atomic E-state index is 0.105. The predicted octanol–water partition coefficient (Wildman–Crippen LogP) is 3.92. The summed E-state index contributed by atoms with van der Waals surface area (Å²) in [7, 11) is 0. The van der Waals surface area contributed by atoms with E-state index in [-0.39, 0.29) is 5.56 Å². The van der Waals surface area contributed by atoms with Crippen LogP contribution in [0.3, 0.4) is 0 Å². The van der Waals surface area contributed by atoms with Crippen LogP contribution in [0.25, 0.3) is 11.1 Å². The summed E-state index contributed by atoms with van der Waals surface area (Å²) < 4.78 is 42.6. The van der Waals surface area contributed by atoms with E-state index in [1.54, 1.807) is 17.1 Å². The quantitative estimate of drug-likeness (QED) is 0.786. The molecule has 22 heavy (non-hydrogen) atoms. The fourth-order valence-corrected chi connectivity index (χ4v) is 2.04. The van der Waals surface area contributed by atoms with Gasteiger partial charge < -0.3 is 4.74 Å². The number of ether oxygens (including phenoxy) is 1. The van der Waals surface area contributed by atoms with Crippen molar-refractivity contribution in [2.45, 2.75) is 26.8 Å². The number of nitrogens with zero attached hydrogens (tertiary/aromatic N) is 2. The van der Waals surface area contributed by atoms with Crippen LogP contribution in [-0.2, 0) is 6.54 Å². The topological polar surface area (TPSA) is 44.1 Å². The van der Waals surface area contributed by atoms with Gasteiger partial charge in [0.2, 0.25) is 0 Å². The SMILES string of the molecule is CC(C)Cn1cc(-c2cc(C=O)cc(OC(F)(F)F)c2)cn1. The van der Waals surface area contributed by atoms with Gasteiger partial charge >= 0.3 is 6.36 Å². The van der Waals surface area contributed by atoms with Crippen molar-refractivity contribution in [3.63, 3.8) is 0 Å². The molecule has 0 atom stereocenters. The molecular weight excluding hydrogens is 297 g/mol. The number of carbonyl (C=O) groups excluding carboxylic acids is 1. The first-order valence-corrected chi connectivity index (χ1v) is 6.65. The second-order valence-electron chi connectivity index (χ2n) is 5.30. The van der Waals surface area contributed by atoms with Crippen molar-refractivity contribution in [2.24, 2.45) is 5.92 Å². The molecule has 0 aliphatic rings. The van der Waals surface area contributed by atoms with E-state index >= 15 is 0 Å². The maximum Gasteiger partial charge on any atom is 0.573 e. The van der Waals surface area contributed by atoms with Crippen LogP contribution >= 0.6 is 0 Å². The third-order valence-electron chi connectivity index (χ3n) is 2.82. The molecule has 118 valence electrons. The molecule has 0 bridgehead atoms. The number of aromatic nitrogens is 2. The fourth-order valence-electron chi connectivity index (χ4n) is 2.04. The predicted molar refractivity (Wildman–Crippen MR) is 74.6 cm³/mol. The Morgan fingerprint density at radius 2 is 2.00 bits per heavy atom. The van der Waals surface area contributed by atoms with Crippen LogP contribution in [0.4, 0.5) is 13.2 Å². The normalized spacial score (nSPS) is 11.7. The van der Waals surface area contributed by atoms with Crippen LogP contribution in [0.1, 0.15) is 24.2 Å². The van der Waals surface area contributed by atoms with Gasteiger partial charge in [0.25, 0.3) is 0 Å². The van der Waals surface area contributed by atoms with E-state index in [9.17, 15) is 18.0 Å². The number of alkyl halides is 3. The van der Waals surface area contributed by atoms with Crippen molar-refractivity contribution >= 4 is 6.29 Å². The van der Waals surface area contributed by atoms with Crippen LogP contribution in [0.2, 0.25) is 0 Å². The molecule has 1 heterocycles. The minimum atomic E-state index is -4.80. The van der Waals surface area contributed by atoms with E-state index in [0.717, 1.165) is 6.07 Å². The number of benzene rings is 1. The van der Waals surface area contributed by atoms with Gasteiger partial charge in [-0.2, -0.15) is 5.10 Å². The van der Waals surface area contributed by atoms with Gasteiger partial charge in [-0.1, -0.05) is 13.8 Å². The van der Waals surface area contributed by atoms with Gasteiger partial charge in [0.1, 0.15) is 12.0 Å². The Morgan fingerprint density at radius 1 is 1.27 bits per heavy atom. The standard InChI is InChI=1S/C15H15F3N2O2/c1-10(2)7-20-8-13(6-19-20)12-3-11(9-21)4-14(5-12)22-15(16,17)18/h3-6,8-10H,7H2,1-2H3. The summed E-state index contributed by atoms with van der Waals surface area (Å²) >= 11 is 0. The van der Waals surface area contributed by atoms with Gasteiger partial charge in [-0.25, -0.2) is 0 Å². The highest BCUT2D eigenvalue weighted by molar-refractivity contribution is 5.80. The summed E-state index contributed by atoms with van der Waals surface area (Å²) in [4.78, 5) is 10.9. The Bertz CT molecular complexity index is 663. The van der Waals surface area contributed by atoms with E-state index in [4.69, 9.17) is 0 Å². The zero-order valence-corrected chi connectivity index (χ0v) is 12.1. The van der Waals surface area contributed by atoms with Gasteiger partial charge in [0.05, 0.1) is 6.20 Å². The Hall–Kier alpha value is -2.31. The van der Waals surface area contributed by atoms with Crippen LogP contribution in [0, 0.1) is 5.92 Å². The molecule has 0 aliphatic carbocycles. The monoisotopic (exact) mass is 312 g/mol. The molecule has 2 aromatic rings. The van der Waals surface area contributed by atoms with Crippen LogP contribution in [0.5, 0.6) is 5.75 Å². The molecule has 0 unspecified atom stereocenters. The molecule has 0 fully saturated rings. The molecule has 4 nitrogen and oxygen atoms in total. The summed E-state index contributed by atoms with van der Waals surface area (Å²) in [6.45, 7) is 4.76. The second kappa shape index (κ2) is 6.21. The van der Waals surface area contributed by atoms with E-state index in [1.165, 1.54) is 12.1 Å². The fraction of sp³-hybridized carbons (Fsp3) is 0.333. The Kier molecular flexibility index (Phi) is 4.54. The van der Waals surface area contributed by atoms with Gasteiger partial charge in [-0.15, -0.1) is 13.2 Å². The molecule has 1 aromatic heterocycles. The number of rotatable bonds is 5. The van der Waals surface area contributed by atoms with Gasteiger partial charge in [-0.05, 0) is 29.7 Å². The summed E-state index contributed by atoms with van der Waals surface area (Å²) in [5.41, 5.74) is 1.17. The average Bonchev–Trinajstić information content (AvgIpc) is 2.84. The van der Waals surface area contributed by atoms with Crippen LogP contribution in [-0.4, -0.2) is 22.4 Å². The zero-order valence-electron chi connectivity index (χ0n) is 12.1. The molecule has 0 saturated heterocycles. The van der Waals surface area contributed by atoms with Crippen molar-refractivity contribution in [1.82, 2.24) is 9.78 Å². The number of carbonyl (C=O) groups is 1. The van der Waals surface area contributed by atoms with Gasteiger partial charge in [0.15, 0.2) is 0 Å². The highest BCUT2D eigenvalue weighted by atomic mass is 19.4. The smallest absolute Gasteiger partial charge is 0.406 e. The molecule has 2 rings (SSSR count). The van der Waals surface area contributed by atoms with Crippen molar-refractivity contribution in [2.75, 3.05) is 0 Å². The minimum Gasteiger partial charge on any atom is -0.406 e. The lowest BCUT2D eigenvalue weighted by Crippen LogP contribution is -2.17. The lowest BCUT2D eigenvalue weighted by atomic mass is 10.1. The first-order valence-electron chi connectivity index (χ1n) is 6.65. The Balaban J connectivity index is 2.35. The molecule has 0 saturated carbocycles. The van der Waals surface area contributed by atoms with E-state index < -0.39 is 12.1 Å². The third kappa shape index (κ3) is 4.34. The molecule has 0 spiro atoms. The molecule has 7 heteroatoms. The number of aldehydes is 1. The molecular formula is C15H15F3N2O2. The molecule has 0 aliphatic heterocycles. The first-order chi connectivity index (χ1) is 10.3. The zero-order chi connectivity index (χ0) is 16.3. The van der Waals surface area contributed by atoms with Crippen molar-refractivity contribution < 1.29 is 22.7 Å². The molecule has 1 aromatic carbocycles. The molecule has 0 amide bonds. The summed E-state index contributed by atoms with van der Waals surface area (Å²) in [6, 6.07) is 3.77. The third-order valence-corrected chi connectivity index (χ3v) is 2.82. The summed E-state index contributed by atoms with van der Waals surface area (Å²) in [5, 5.41) is 4.16. The summed E-state index contributed by atoms with van der Waals surface area (Å²) in [6.07, 6.45) is -1.06. The number of hydrogen-bond acceptors (Lipinski definition) is 3. The Morgan fingerprint density at radius 3 is 2.59 bits per heavy atom. The lowest BCUT2D eigenvalue weighted by molar-refractivity contribution is -0.274. The van der Waals surface area contributed by atoms with E-state index in [2.05, 4.69) is 9.84 Å². The van der Waals surface area contributed by atoms with Crippen molar-refractivity contribution in [3.8, 4) is 16.9 Å². The second-order valence-corrected chi connectivity index (χ2v) is 5.30. The highest BCUT2D eigenvalue weighted by Gasteiger charge is 2.31. The van der Waals surface area contributed by atoms with Crippen molar-refractivity contribution in [3.05, 3.63) is 36.2 Å². The largest absolute Gasteiger partial charge is 0.573 e. The number of hydrogen-bond donors (Lipinski definition) is 0. The highest BCUT2D eigenvalue weighted by Crippen LogP contribution is 2.29. The van der Waals surface area contributed by atoms with E-state index in [0.29, 0.717) is 29.9 Å². The average molecular weight is 312 g/mol. The Labute approximate surface area is 125 Å². The maximum absolute atomic E-state index is 12.3. The van der Waals surface area contributed by atoms with Gasteiger partial charge in [-0.3, -0.25) is 9.48 Å². The van der Waals surface area contributed by atoms with Gasteiger partial charge in [0, 0.05) is 23.9 Å². The lowest BCUT2D eigenvalue weighted by Gasteiger charge is -2.10. The summed E-state index contributed by atoms with van der Waals surface area (Å²) in [5.74, 6) is -0.0399. The number of halogens is 3. The molecule has 0 radical (unpaired) electrons. The van der Waals surface area contributed by atoms with Crippen molar-refractivity contribution in [1.29, 1.82) is 0 Å². The van der Waals surface area contributed by atoms with E-state index in [1.807, 2.05) is 13.8 Å².